The third-order valence-electron chi connectivity index (χ3n) is 1.91. The van der Waals surface area contributed by atoms with Crippen LogP contribution in [0.3, 0.4) is 0 Å². The predicted molar refractivity (Wildman–Crippen MR) is 59.7 cm³/mol. The van der Waals surface area contributed by atoms with Gasteiger partial charge in [-0.05, 0) is 19.2 Å². The molecule has 0 aliphatic heterocycles. The summed E-state index contributed by atoms with van der Waals surface area (Å²) in [6.45, 7) is -0.101. The minimum Gasteiger partial charge on any atom is -0.489 e. The van der Waals surface area contributed by atoms with E-state index in [1.165, 1.54) is 25.2 Å². The van der Waals surface area contributed by atoms with Gasteiger partial charge < -0.3 is 15.6 Å². The van der Waals surface area contributed by atoms with Crippen LogP contribution in [0.5, 0.6) is 5.75 Å². The van der Waals surface area contributed by atoms with Crippen LogP contribution < -0.4 is 15.2 Å². The highest BCUT2D eigenvalue weighted by atomic mass is 32.2. The Morgan fingerprint density at radius 1 is 1.50 bits per heavy atom. The number of aliphatic hydroxyl groups is 1. The van der Waals surface area contributed by atoms with Crippen LogP contribution in [0.2, 0.25) is 0 Å². The van der Waals surface area contributed by atoms with E-state index < -0.39 is 10.0 Å². The Morgan fingerprint density at radius 2 is 2.19 bits per heavy atom. The van der Waals surface area contributed by atoms with E-state index in [2.05, 4.69) is 4.72 Å². The molecule has 0 bridgehead atoms. The van der Waals surface area contributed by atoms with Crippen LogP contribution in [0, 0.1) is 0 Å². The second-order valence-electron chi connectivity index (χ2n) is 2.98. The molecule has 0 unspecified atom stereocenters. The fourth-order valence-corrected chi connectivity index (χ4v) is 1.83. The minimum atomic E-state index is -3.51. The second kappa shape index (κ2) is 5.15. The monoisotopic (exact) mass is 246 g/mol. The summed E-state index contributed by atoms with van der Waals surface area (Å²) in [5.41, 5.74) is 5.92. The summed E-state index contributed by atoms with van der Waals surface area (Å²) < 4.78 is 30.2. The molecule has 0 aromatic heterocycles. The molecule has 6 nitrogen and oxygen atoms in total. The molecule has 0 aliphatic rings. The zero-order valence-corrected chi connectivity index (χ0v) is 9.62. The maximum Gasteiger partial charge on any atom is 0.240 e. The van der Waals surface area contributed by atoms with Crippen molar-refractivity contribution in [1.82, 2.24) is 4.72 Å². The Morgan fingerprint density at radius 3 is 2.75 bits per heavy atom. The van der Waals surface area contributed by atoms with Gasteiger partial charge in [0.2, 0.25) is 10.0 Å². The van der Waals surface area contributed by atoms with Crippen molar-refractivity contribution in [1.29, 1.82) is 0 Å². The standard InChI is InChI=1S/C9H14N2O4S/c1-11-16(13,14)7-2-3-8(10)9(6-7)15-5-4-12/h2-3,6,11-12H,4-5,10H2,1H3. The number of nitrogen functional groups attached to an aromatic ring is 1. The predicted octanol–water partition coefficient (Wildman–Crippen LogP) is -0.452. The molecule has 16 heavy (non-hydrogen) atoms. The van der Waals surface area contributed by atoms with E-state index in [0.717, 1.165) is 0 Å². The molecule has 0 heterocycles. The van der Waals surface area contributed by atoms with Crippen molar-refractivity contribution in [3.8, 4) is 5.75 Å². The van der Waals surface area contributed by atoms with E-state index in [-0.39, 0.29) is 23.9 Å². The highest BCUT2D eigenvalue weighted by molar-refractivity contribution is 7.89. The molecule has 0 aliphatic carbocycles. The number of anilines is 1. The molecule has 0 radical (unpaired) electrons. The van der Waals surface area contributed by atoms with Gasteiger partial charge in [0.25, 0.3) is 0 Å². The molecule has 1 rings (SSSR count). The average Bonchev–Trinajstić information content (AvgIpc) is 2.27. The minimum absolute atomic E-state index is 0.0628. The molecule has 1 aromatic rings. The van der Waals surface area contributed by atoms with Crippen LogP contribution in [0.4, 0.5) is 5.69 Å². The van der Waals surface area contributed by atoms with E-state index in [9.17, 15) is 8.42 Å². The van der Waals surface area contributed by atoms with Crippen molar-refractivity contribution < 1.29 is 18.3 Å². The Kier molecular flexibility index (Phi) is 4.11. The van der Waals surface area contributed by atoms with Gasteiger partial charge in [-0.2, -0.15) is 0 Å². The van der Waals surface area contributed by atoms with Crippen LogP contribution in [-0.2, 0) is 10.0 Å². The quantitative estimate of drug-likeness (QED) is 0.611. The molecule has 7 heteroatoms. The highest BCUT2D eigenvalue weighted by Crippen LogP contribution is 2.24. The maximum atomic E-state index is 11.5. The van der Waals surface area contributed by atoms with E-state index in [1.807, 2.05) is 0 Å². The van der Waals surface area contributed by atoms with Crippen molar-refractivity contribution in [2.24, 2.45) is 0 Å². The lowest BCUT2D eigenvalue weighted by atomic mass is 10.3. The van der Waals surface area contributed by atoms with Crippen molar-refractivity contribution in [3.63, 3.8) is 0 Å². The number of nitrogens with one attached hydrogen (secondary N) is 1. The molecule has 1 aromatic carbocycles. The maximum absolute atomic E-state index is 11.5. The van der Waals surface area contributed by atoms with Gasteiger partial charge in [-0.3, -0.25) is 0 Å². The first kappa shape index (κ1) is 12.8. The number of sulfonamides is 1. The lowest BCUT2D eigenvalue weighted by Crippen LogP contribution is -2.18. The van der Waals surface area contributed by atoms with Crippen molar-refractivity contribution in [2.75, 3.05) is 26.0 Å². The summed E-state index contributed by atoms with van der Waals surface area (Å²) in [5, 5.41) is 8.60. The van der Waals surface area contributed by atoms with Gasteiger partial charge in [0, 0.05) is 6.07 Å². The number of benzene rings is 1. The van der Waals surface area contributed by atoms with E-state index >= 15 is 0 Å². The van der Waals surface area contributed by atoms with Crippen LogP contribution in [-0.4, -0.2) is 33.8 Å². The molecular formula is C9H14N2O4S. The van der Waals surface area contributed by atoms with E-state index in [1.54, 1.807) is 0 Å². The van der Waals surface area contributed by atoms with Gasteiger partial charge in [0.1, 0.15) is 12.4 Å². The number of ether oxygens (including phenoxy) is 1. The first-order chi connectivity index (χ1) is 7.51. The Bertz CT molecular complexity index is 459. The van der Waals surface area contributed by atoms with Gasteiger partial charge in [0.15, 0.2) is 0 Å². The van der Waals surface area contributed by atoms with Crippen molar-refractivity contribution >= 4 is 15.7 Å². The third-order valence-corrected chi connectivity index (χ3v) is 3.32. The average molecular weight is 246 g/mol. The fraction of sp³-hybridized carbons (Fsp3) is 0.333. The number of hydrogen-bond donors (Lipinski definition) is 3. The molecule has 0 saturated carbocycles. The SMILES string of the molecule is CNS(=O)(=O)c1ccc(N)c(OCCO)c1. The van der Waals surface area contributed by atoms with E-state index in [4.69, 9.17) is 15.6 Å². The Labute approximate surface area is 94.1 Å². The largest absolute Gasteiger partial charge is 0.489 e. The lowest BCUT2D eigenvalue weighted by molar-refractivity contribution is 0.202. The van der Waals surface area contributed by atoms with Crippen LogP contribution >= 0.6 is 0 Å². The van der Waals surface area contributed by atoms with Crippen LogP contribution in [0.15, 0.2) is 23.1 Å². The summed E-state index contributed by atoms with van der Waals surface area (Å²) >= 11 is 0. The van der Waals surface area contributed by atoms with Gasteiger partial charge in [0.05, 0.1) is 17.2 Å². The first-order valence-electron chi connectivity index (χ1n) is 4.58. The third kappa shape index (κ3) is 2.84. The van der Waals surface area contributed by atoms with Gasteiger partial charge in [-0.15, -0.1) is 0 Å². The second-order valence-corrected chi connectivity index (χ2v) is 4.87. The van der Waals surface area contributed by atoms with Crippen molar-refractivity contribution in [3.05, 3.63) is 18.2 Å². The summed E-state index contributed by atoms with van der Waals surface area (Å²) in [6.07, 6.45) is 0. The Hall–Kier alpha value is -1.31. The molecular weight excluding hydrogens is 232 g/mol. The summed E-state index contributed by atoms with van der Waals surface area (Å²) in [4.78, 5) is 0.0668. The van der Waals surface area contributed by atoms with Gasteiger partial charge in [-0.25, -0.2) is 13.1 Å². The number of aliphatic hydroxyl groups excluding tert-OH is 1. The molecule has 0 fully saturated rings. The molecule has 0 atom stereocenters. The molecule has 0 amide bonds. The number of hydrogen-bond acceptors (Lipinski definition) is 5. The molecule has 0 saturated heterocycles. The zero-order valence-electron chi connectivity index (χ0n) is 8.80. The molecule has 90 valence electrons. The normalized spacial score (nSPS) is 11.4. The smallest absolute Gasteiger partial charge is 0.240 e. The summed E-state index contributed by atoms with van der Waals surface area (Å²) in [6, 6.07) is 4.14. The topological polar surface area (TPSA) is 102 Å². The van der Waals surface area contributed by atoms with Gasteiger partial charge >= 0.3 is 0 Å². The van der Waals surface area contributed by atoms with Crippen molar-refractivity contribution in [2.45, 2.75) is 4.90 Å². The van der Waals surface area contributed by atoms with Gasteiger partial charge in [-0.1, -0.05) is 0 Å². The van der Waals surface area contributed by atoms with E-state index in [0.29, 0.717) is 5.69 Å². The number of rotatable bonds is 5. The number of nitrogens with two attached hydrogens (primary N) is 1. The van der Waals surface area contributed by atoms with Crippen LogP contribution in [0.25, 0.3) is 0 Å². The Balaban J connectivity index is 3.07. The lowest BCUT2D eigenvalue weighted by Gasteiger charge is -2.09. The molecule has 4 N–H and O–H groups in total. The zero-order chi connectivity index (χ0) is 12.2. The molecule has 0 spiro atoms. The first-order valence-corrected chi connectivity index (χ1v) is 6.06. The summed E-state index contributed by atoms with van der Waals surface area (Å²) in [7, 11) is -2.19. The fourth-order valence-electron chi connectivity index (χ4n) is 1.08. The van der Waals surface area contributed by atoms with Crippen LogP contribution in [0.1, 0.15) is 0 Å². The highest BCUT2D eigenvalue weighted by Gasteiger charge is 2.13. The summed E-state index contributed by atoms with van der Waals surface area (Å²) in [5.74, 6) is 0.241.